The van der Waals surface area contributed by atoms with Gasteiger partial charge >= 0.3 is 0 Å². The molecule has 1 fully saturated rings. The Morgan fingerprint density at radius 3 is 2.31 bits per heavy atom. The van der Waals surface area contributed by atoms with E-state index in [1.807, 2.05) is 0 Å². The first-order chi connectivity index (χ1) is 6.05. The Labute approximate surface area is 83.9 Å². The van der Waals surface area contributed by atoms with Crippen LogP contribution in [0, 0.1) is 0 Å². The van der Waals surface area contributed by atoms with Crippen LogP contribution in [0.5, 0.6) is 0 Å². The van der Waals surface area contributed by atoms with Gasteiger partial charge in [-0.25, -0.2) is 0 Å². The zero-order chi connectivity index (χ0) is 9.90. The lowest BCUT2D eigenvalue weighted by Gasteiger charge is -2.38. The van der Waals surface area contributed by atoms with Crippen molar-refractivity contribution in [3.63, 3.8) is 0 Å². The van der Waals surface area contributed by atoms with E-state index in [2.05, 4.69) is 26.6 Å². The molecule has 13 heavy (non-hydrogen) atoms. The number of rotatable bonds is 3. The van der Waals surface area contributed by atoms with Crippen molar-refractivity contribution in [2.45, 2.75) is 63.9 Å². The van der Waals surface area contributed by atoms with Crippen molar-refractivity contribution in [2.75, 3.05) is 6.61 Å². The van der Waals surface area contributed by atoms with Crippen molar-refractivity contribution in [1.82, 2.24) is 0 Å². The summed E-state index contributed by atoms with van der Waals surface area (Å²) >= 11 is 0. The van der Waals surface area contributed by atoms with Gasteiger partial charge in [0.15, 0.2) is 0 Å². The van der Waals surface area contributed by atoms with E-state index in [4.69, 9.17) is 4.74 Å². The molecule has 0 aromatic heterocycles. The van der Waals surface area contributed by atoms with Crippen molar-refractivity contribution in [3.05, 3.63) is 0 Å². The first kappa shape index (κ1) is 11.3. The molecule has 0 aliphatic heterocycles. The Balaban J connectivity index is 2.56. The molecule has 0 aromatic carbocycles. The first-order valence-corrected chi connectivity index (χ1v) is 9.25. The van der Waals surface area contributed by atoms with Crippen molar-refractivity contribution in [3.8, 4) is 0 Å². The van der Waals surface area contributed by atoms with Crippen LogP contribution in [-0.4, -0.2) is 20.8 Å². The summed E-state index contributed by atoms with van der Waals surface area (Å²) in [6.07, 6.45) is 6.12. The number of hydrogen-bond acceptors (Lipinski definition) is 1. The van der Waals surface area contributed by atoms with E-state index in [0.717, 1.165) is 12.1 Å². The summed E-state index contributed by atoms with van der Waals surface area (Å²) in [4.78, 5) is 0. The summed E-state index contributed by atoms with van der Waals surface area (Å²) in [5.74, 6) is 0. The lowest BCUT2D eigenvalue weighted by molar-refractivity contribution is 0.0352. The molecule has 1 aliphatic rings. The van der Waals surface area contributed by atoms with E-state index in [1.165, 1.54) is 25.7 Å². The van der Waals surface area contributed by atoms with Gasteiger partial charge in [0.2, 0.25) is 0 Å². The molecule has 1 saturated carbocycles. The van der Waals surface area contributed by atoms with Gasteiger partial charge in [-0.3, -0.25) is 0 Å². The molecule has 1 aliphatic carbocycles. The zero-order valence-electron chi connectivity index (χ0n) is 9.60. The third kappa shape index (κ3) is 3.10. The summed E-state index contributed by atoms with van der Waals surface area (Å²) < 4.78 is 5.86. The predicted molar refractivity (Wildman–Crippen MR) is 61.0 cm³/mol. The minimum atomic E-state index is -0.982. The normalized spacial score (nSPS) is 30.5. The van der Waals surface area contributed by atoms with Gasteiger partial charge in [-0.15, -0.1) is 0 Å². The van der Waals surface area contributed by atoms with Crippen LogP contribution in [0.25, 0.3) is 0 Å². The molecular weight excluding hydrogens is 176 g/mol. The van der Waals surface area contributed by atoms with Crippen LogP contribution in [0.3, 0.4) is 0 Å². The van der Waals surface area contributed by atoms with E-state index >= 15 is 0 Å². The van der Waals surface area contributed by atoms with Gasteiger partial charge in [0, 0.05) is 6.61 Å². The Morgan fingerprint density at radius 1 is 1.15 bits per heavy atom. The summed E-state index contributed by atoms with van der Waals surface area (Å²) in [7, 11) is -0.982. The van der Waals surface area contributed by atoms with E-state index in [-0.39, 0.29) is 0 Å². The summed E-state index contributed by atoms with van der Waals surface area (Å²) in [5, 5.41) is 0. The highest BCUT2D eigenvalue weighted by Gasteiger charge is 2.35. The first-order valence-electron chi connectivity index (χ1n) is 5.67. The number of hydrogen-bond donors (Lipinski definition) is 0. The van der Waals surface area contributed by atoms with Crippen LogP contribution in [0.1, 0.15) is 32.6 Å². The van der Waals surface area contributed by atoms with Crippen LogP contribution in [-0.2, 0) is 4.74 Å². The maximum atomic E-state index is 5.86. The minimum Gasteiger partial charge on any atom is -0.379 e. The predicted octanol–water partition coefficient (Wildman–Crippen LogP) is 3.67. The molecule has 1 rings (SSSR count). The van der Waals surface area contributed by atoms with Gasteiger partial charge in [0.05, 0.1) is 14.2 Å². The smallest absolute Gasteiger partial charge is 0.0579 e. The van der Waals surface area contributed by atoms with Gasteiger partial charge in [-0.2, -0.15) is 0 Å². The van der Waals surface area contributed by atoms with Crippen LogP contribution >= 0.6 is 0 Å². The minimum absolute atomic E-state index is 0.588. The van der Waals surface area contributed by atoms with Crippen molar-refractivity contribution >= 4 is 8.07 Å². The maximum Gasteiger partial charge on any atom is 0.0579 e. The summed E-state index contributed by atoms with van der Waals surface area (Å²) in [6.45, 7) is 10.5. The molecule has 0 unspecified atom stereocenters. The highest BCUT2D eigenvalue weighted by molar-refractivity contribution is 6.77. The SMILES string of the molecule is CCO[C@@H]1CCCC[C@H]1[Si](C)(C)C. The molecule has 78 valence electrons. The second kappa shape index (κ2) is 4.60. The fraction of sp³-hybridized carbons (Fsp3) is 1.00. The second-order valence-corrected chi connectivity index (χ2v) is 10.7. The van der Waals surface area contributed by atoms with E-state index < -0.39 is 8.07 Å². The topological polar surface area (TPSA) is 9.23 Å². The number of ether oxygens (including phenoxy) is 1. The highest BCUT2D eigenvalue weighted by atomic mass is 28.3. The van der Waals surface area contributed by atoms with Crippen molar-refractivity contribution in [1.29, 1.82) is 0 Å². The highest BCUT2D eigenvalue weighted by Crippen LogP contribution is 2.38. The Kier molecular flexibility index (Phi) is 3.99. The molecule has 1 nitrogen and oxygen atoms in total. The summed E-state index contributed by atoms with van der Waals surface area (Å²) in [6, 6.07) is 0. The standard InChI is InChI=1S/C11H24OSi/c1-5-12-10-8-6-7-9-11(10)13(2,3)4/h10-11H,5-9H2,1-4H3/t10-,11-/m1/s1. The molecule has 0 amide bonds. The van der Waals surface area contributed by atoms with Crippen molar-refractivity contribution < 1.29 is 4.74 Å². The van der Waals surface area contributed by atoms with Gasteiger partial charge in [-0.05, 0) is 18.9 Å². The van der Waals surface area contributed by atoms with E-state index in [0.29, 0.717) is 6.10 Å². The van der Waals surface area contributed by atoms with Gasteiger partial charge < -0.3 is 4.74 Å². The third-order valence-electron chi connectivity index (χ3n) is 3.20. The molecule has 0 spiro atoms. The summed E-state index contributed by atoms with van der Waals surface area (Å²) in [5.41, 5.74) is 0.904. The monoisotopic (exact) mass is 200 g/mol. The molecule has 0 radical (unpaired) electrons. The lowest BCUT2D eigenvalue weighted by Crippen LogP contribution is -2.39. The van der Waals surface area contributed by atoms with Gasteiger partial charge in [-0.1, -0.05) is 38.9 Å². The molecule has 0 heterocycles. The van der Waals surface area contributed by atoms with Gasteiger partial charge in [0.25, 0.3) is 0 Å². The lowest BCUT2D eigenvalue weighted by atomic mass is 9.97. The van der Waals surface area contributed by atoms with Crippen LogP contribution in [0.2, 0.25) is 25.2 Å². The van der Waals surface area contributed by atoms with Crippen molar-refractivity contribution in [2.24, 2.45) is 0 Å². The van der Waals surface area contributed by atoms with E-state index in [9.17, 15) is 0 Å². The van der Waals surface area contributed by atoms with Crippen LogP contribution in [0.4, 0.5) is 0 Å². The molecule has 0 aromatic rings. The molecule has 2 atom stereocenters. The molecule has 0 bridgehead atoms. The quantitative estimate of drug-likeness (QED) is 0.632. The zero-order valence-corrected chi connectivity index (χ0v) is 10.6. The van der Waals surface area contributed by atoms with Crippen LogP contribution < -0.4 is 0 Å². The Hall–Kier alpha value is 0.177. The third-order valence-corrected chi connectivity index (χ3v) is 6.08. The average Bonchev–Trinajstić information content (AvgIpc) is 2.04. The Morgan fingerprint density at radius 2 is 1.77 bits per heavy atom. The molecular formula is C11H24OSi. The van der Waals surface area contributed by atoms with E-state index in [1.54, 1.807) is 0 Å². The Bertz CT molecular complexity index is 149. The average molecular weight is 200 g/mol. The molecule has 2 heteroatoms. The molecule has 0 saturated heterocycles. The maximum absolute atomic E-state index is 5.86. The largest absolute Gasteiger partial charge is 0.379 e. The van der Waals surface area contributed by atoms with Gasteiger partial charge in [0.1, 0.15) is 0 Å². The fourth-order valence-electron chi connectivity index (χ4n) is 2.50. The fourth-order valence-corrected chi connectivity index (χ4v) is 4.95. The second-order valence-electron chi connectivity index (χ2n) is 5.25. The van der Waals surface area contributed by atoms with Crippen LogP contribution in [0.15, 0.2) is 0 Å². The molecule has 0 N–H and O–H groups in total.